The van der Waals surface area contributed by atoms with Gasteiger partial charge in [0.1, 0.15) is 5.67 Å². The van der Waals surface area contributed by atoms with Crippen LogP contribution in [0.1, 0.15) is 32.1 Å². The molecule has 1 aliphatic carbocycles. The summed E-state index contributed by atoms with van der Waals surface area (Å²) in [6, 6.07) is 0. The lowest BCUT2D eigenvalue weighted by molar-refractivity contribution is -0.195. The first-order valence-electron chi connectivity index (χ1n) is 5.22. The van der Waals surface area contributed by atoms with Gasteiger partial charge in [0.05, 0.1) is 19.6 Å². The summed E-state index contributed by atoms with van der Waals surface area (Å²) in [4.78, 5) is 10.5. The van der Waals surface area contributed by atoms with Gasteiger partial charge in [-0.05, 0) is 12.8 Å². The molecule has 0 unspecified atom stereocenters. The molecule has 5 heteroatoms. The zero-order chi connectivity index (χ0) is 10.9. The molecule has 0 aromatic rings. The summed E-state index contributed by atoms with van der Waals surface area (Å²) in [5.74, 6) is -1.70. The monoisotopic (exact) mass is 218 g/mol. The van der Waals surface area contributed by atoms with Crippen LogP contribution >= 0.6 is 0 Å². The Hall–Kier alpha value is -0.680. The molecule has 1 heterocycles. The number of carboxylic acid groups (broad SMARTS) is 1. The zero-order valence-corrected chi connectivity index (χ0v) is 8.50. The molecule has 86 valence electrons. The SMILES string of the molecule is O=C(O)CC1(F)CCC2(CC1)OCCO2. The Morgan fingerprint density at radius 2 is 1.73 bits per heavy atom. The lowest BCUT2D eigenvalue weighted by Gasteiger charge is -2.38. The molecule has 1 spiro atoms. The van der Waals surface area contributed by atoms with Crippen molar-refractivity contribution in [1.29, 1.82) is 0 Å². The first kappa shape index (κ1) is 10.8. The minimum absolute atomic E-state index is 0.208. The molecule has 0 atom stereocenters. The van der Waals surface area contributed by atoms with Crippen molar-refractivity contribution in [3.8, 4) is 0 Å². The van der Waals surface area contributed by atoms with Gasteiger partial charge in [0.15, 0.2) is 5.79 Å². The van der Waals surface area contributed by atoms with Crippen molar-refractivity contribution in [3.63, 3.8) is 0 Å². The summed E-state index contributed by atoms with van der Waals surface area (Å²) in [5, 5.41) is 8.59. The second-order valence-corrected chi connectivity index (χ2v) is 4.33. The van der Waals surface area contributed by atoms with Crippen LogP contribution in [0.15, 0.2) is 0 Å². The van der Waals surface area contributed by atoms with E-state index in [1.807, 2.05) is 0 Å². The number of hydrogen-bond acceptors (Lipinski definition) is 3. The lowest BCUT2D eigenvalue weighted by Crippen LogP contribution is -2.42. The van der Waals surface area contributed by atoms with E-state index in [-0.39, 0.29) is 12.8 Å². The third kappa shape index (κ3) is 2.29. The van der Waals surface area contributed by atoms with Crippen molar-refractivity contribution in [3.05, 3.63) is 0 Å². The maximum absolute atomic E-state index is 14.0. The van der Waals surface area contributed by atoms with E-state index >= 15 is 0 Å². The zero-order valence-electron chi connectivity index (χ0n) is 8.50. The average molecular weight is 218 g/mol. The molecule has 0 aromatic carbocycles. The molecule has 0 aromatic heterocycles. The smallest absolute Gasteiger partial charge is 0.306 e. The van der Waals surface area contributed by atoms with Crippen LogP contribution in [0.3, 0.4) is 0 Å². The van der Waals surface area contributed by atoms with Crippen molar-refractivity contribution < 1.29 is 23.8 Å². The second-order valence-electron chi connectivity index (χ2n) is 4.33. The van der Waals surface area contributed by atoms with Crippen molar-refractivity contribution in [2.75, 3.05) is 13.2 Å². The van der Waals surface area contributed by atoms with E-state index in [1.54, 1.807) is 0 Å². The van der Waals surface area contributed by atoms with E-state index in [0.29, 0.717) is 26.1 Å². The average Bonchev–Trinajstić information content (AvgIpc) is 2.59. The quantitative estimate of drug-likeness (QED) is 0.762. The van der Waals surface area contributed by atoms with Crippen LogP contribution in [0, 0.1) is 0 Å². The number of rotatable bonds is 2. The largest absolute Gasteiger partial charge is 0.481 e. The molecule has 1 aliphatic heterocycles. The van der Waals surface area contributed by atoms with E-state index in [2.05, 4.69) is 0 Å². The van der Waals surface area contributed by atoms with Gasteiger partial charge in [-0.25, -0.2) is 4.39 Å². The van der Waals surface area contributed by atoms with E-state index in [1.165, 1.54) is 0 Å². The fraction of sp³-hybridized carbons (Fsp3) is 0.900. The van der Waals surface area contributed by atoms with Crippen molar-refractivity contribution in [2.45, 2.75) is 43.6 Å². The van der Waals surface area contributed by atoms with Crippen LogP contribution in [0.25, 0.3) is 0 Å². The van der Waals surface area contributed by atoms with Crippen LogP contribution in [-0.2, 0) is 14.3 Å². The predicted molar refractivity (Wildman–Crippen MR) is 49.2 cm³/mol. The van der Waals surface area contributed by atoms with Gasteiger partial charge in [0.25, 0.3) is 0 Å². The number of aliphatic carboxylic acids is 1. The number of carboxylic acids is 1. The van der Waals surface area contributed by atoms with Crippen LogP contribution in [0.4, 0.5) is 4.39 Å². The maximum Gasteiger partial charge on any atom is 0.306 e. The molecular formula is C10H15FO4. The number of ether oxygens (including phenoxy) is 2. The molecule has 4 nitrogen and oxygen atoms in total. The minimum Gasteiger partial charge on any atom is -0.481 e. The van der Waals surface area contributed by atoms with E-state index < -0.39 is 23.8 Å². The molecule has 2 aliphatic rings. The van der Waals surface area contributed by atoms with Gasteiger partial charge >= 0.3 is 5.97 Å². The summed E-state index contributed by atoms with van der Waals surface area (Å²) in [6.07, 6.45) is 0.912. The molecule has 2 rings (SSSR count). The minimum atomic E-state index is -1.58. The van der Waals surface area contributed by atoms with Gasteiger partial charge in [-0.3, -0.25) is 4.79 Å². The highest BCUT2D eigenvalue weighted by Gasteiger charge is 2.47. The van der Waals surface area contributed by atoms with Gasteiger partial charge in [-0.15, -0.1) is 0 Å². The van der Waals surface area contributed by atoms with Crippen molar-refractivity contribution in [1.82, 2.24) is 0 Å². The summed E-state index contributed by atoms with van der Waals surface area (Å²) < 4.78 is 24.9. The molecule has 0 bridgehead atoms. The molecule has 1 saturated heterocycles. The first-order valence-corrected chi connectivity index (χ1v) is 5.22. The fourth-order valence-electron chi connectivity index (χ4n) is 2.31. The van der Waals surface area contributed by atoms with Gasteiger partial charge in [0, 0.05) is 12.8 Å². The molecule has 1 saturated carbocycles. The Kier molecular flexibility index (Phi) is 2.68. The number of halogens is 1. The maximum atomic E-state index is 14.0. The van der Waals surface area contributed by atoms with Crippen LogP contribution in [0.2, 0.25) is 0 Å². The van der Waals surface area contributed by atoms with E-state index in [0.717, 1.165) is 0 Å². The summed E-state index contributed by atoms with van der Waals surface area (Å²) >= 11 is 0. The highest BCUT2D eigenvalue weighted by Crippen LogP contribution is 2.43. The number of carbonyl (C=O) groups is 1. The Balaban J connectivity index is 1.93. The molecule has 1 N–H and O–H groups in total. The topological polar surface area (TPSA) is 55.8 Å². The lowest BCUT2D eigenvalue weighted by atomic mass is 9.81. The summed E-state index contributed by atoms with van der Waals surface area (Å²) in [7, 11) is 0. The van der Waals surface area contributed by atoms with Gasteiger partial charge in [0.2, 0.25) is 0 Å². The van der Waals surface area contributed by atoms with Crippen LogP contribution in [-0.4, -0.2) is 35.7 Å². The third-order valence-electron chi connectivity index (χ3n) is 3.19. The Labute approximate surface area is 87.4 Å². The molecular weight excluding hydrogens is 203 g/mol. The Morgan fingerprint density at radius 1 is 1.20 bits per heavy atom. The van der Waals surface area contributed by atoms with Gasteiger partial charge in [-0.2, -0.15) is 0 Å². The summed E-state index contributed by atoms with van der Waals surface area (Å²) in [6.45, 7) is 1.11. The predicted octanol–water partition coefficient (Wildman–Crippen LogP) is 1.49. The highest BCUT2D eigenvalue weighted by molar-refractivity contribution is 5.68. The molecule has 15 heavy (non-hydrogen) atoms. The Morgan fingerprint density at radius 3 is 2.20 bits per heavy atom. The van der Waals surface area contributed by atoms with Gasteiger partial charge in [-0.1, -0.05) is 0 Å². The molecule has 0 radical (unpaired) electrons. The van der Waals surface area contributed by atoms with Crippen LogP contribution in [0.5, 0.6) is 0 Å². The van der Waals surface area contributed by atoms with E-state index in [4.69, 9.17) is 14.6 Å². The number of alkyl halides is 1. The van der Waals surface area contributed by atoms with E-state index in [9.17, 15) is 9.18 Å². The molecule has 0 amide bonds. The normalized spacial score (nSPS) is 28.1. The standard InChI is InChI=1S/C10H15FO4/c11-9(7-8(12)13)1-3-10(4-2-9)14-5-6-15-10/h1-7H2,(H,12,13). The number of hydrogen-bond donors (Lipinski definition) is 1. The Bertz CT molecular complexity index is 250. The van der Waals surface area contributed by atoms with Gasteiger partial charge < -0.3 is 14.6 Å². The molecule has 2 fully saturated rings. The second kappa shape index (κ2) is 3.72. The fourth-order valence-corrected chi connectivity index (χ4v) is 2.31. The highest BCUT2D eigenvalue weighted by atomic mass is 19.1. The summed E-state index contributed by atoms with van der Waals surface area (Å²) in [5.41, 5.74) is -1.58. The van der Waals surface area contributed by atoms with Crippen molar-refractivity contribution >= 4 is 5.97 Å². The van der Waals surface area contributed by atoms with Crippen molar-refractivity contribution in [2.24, 2.45) is 0 Å². The third-order valence-corrected chi connectivity index (χ3v) is 3.19. The first-order chi connectivity index (χ1) is 7.04. The van der Waals surface area contributed by atoms with Crippen LogP contribution < -0.4 is 0 Å².